The highest BCUT2D eigenvalue weighted by Gasteiger charge is 2.37. The number of amides is 1. The van der Waals surface area contributed by atoms with Crippen LogP contribution in [0.2, 0.25) is 5.02 Å². The molecule has 1 amide bonds. The van der Waals surface area contributed by atoms with Gasteiger partial charge < -0.3 is 9.64 Å². The van der Waals surface area contributed by atoms with Crippen molar-refractivity contribution in [3.05, 3.63) is 70.7 Å². The fraction of sp³-hybridized carbons (Fsp3) is 0.481. The van der Waals surface area contributed by atoms with Crippen LogP contribution in [-0.2, 0) is 20.9 Å². The molecular formula is C27H33ClN2O3. The third-order valence-electron chi connectivity index (χ3n) is 6.85. The minimum Gasteiger partial charge on any atom is -0.466 e. The molecule has 0 unspecified atom stereocenters. The zero-order valence-electron chi connectivity index (χ0n) is 19.3. The maximum Gasteiger partial charge on any atom is 0.310 e. The number of carbonyl (C=O) groups excluding carboxylic acids is 2. The first-order valence-electron chi connectivity index (χ1n) is 12.0. The predicted octanol–water partition coefficient (Wildman–Crippen LogP) is 5.10. The highest BCUT2D eigenvalue weighted by molar-refractivity contribution is 6.30. The average Bonchev–Trinajstić information content (AvgIpc) is 2.84. The Morgan fingerprint density at radius 1 is 1.00 bits per heavy atom. The van der Waals surface area contributed by atoms with Crippen molar-refractivity contribution in [2.24, 2.45) is 11.8 Å². The number of piperidine rings is 2. The fourth-order valence-corrected chi connectivity index (χ4v) is 5.44. The Hall–Kier alpha value is -2.37. The van der Waals surface area contributed by atoms with Crippen LogP contribution in [0.25, 0.3) is 0 Å². The molecule has 0 aliphatic carbocycles. The molecule has 2 aromatic carbocycles. The van der Waals surface area contributed by atoms with E-state index < -0.39 is 0 Å². The van der Waals surface area contributed by atoms with Crippen molar-refractivity contribution in [2.45, 2.75) is 45.2 Å². The molecule has 0 aromatic heterocycles. The van der Waals surface area contributed by atoms with E-state index in [0.717, 1.165) is 49.4 Å². The first-order chi connectivity index (χ1) is 16.0. The van der Waals surface area contributed by atoms with Crippen LogP contribution in [0.4, 0.5) is 0 Å². The molecule has 2 heterocycles. The van der Waals surface area contributed by atoms with Crippen molar-refractivity contribution in [1.29, 1.82) is 0 Å². The molecule has 2 aliphatic heterocycles. The quantitative estimate of drug-likeness (QED) is 0.554. The molecule has 4 rings (SSSR count). The van der Waals surface area contributed by atoms with Crippen LogP contribution < -0.4 is 0 Å². The van der Waals surface area contributed by atoms with Crippen molar-refractivity contribution in [1.82, 2.24) is 9.80 Å². The summed E-state index contributed by atoms with van der Waals surface area (Å²) in [6.07, 6.45) is 3.42. The van der Waals surface area contributed by atoms with Gasteiger partial charge in [-0.15, -0.1) is 0 Å². The molecule has 3 atom stereocenters. The second kappa shape index (κ2) is 11.2. The summed E-state index contributed by atoms with van der Waals surface area (Å²) in [5.74, 6) is -0.270. The van der Waals surface area contributed by atoms with Crippen molar-refractivity contribution < 1.29 is 14.3 Å². The van der Waals surface area contributed by atoms with Gasteiger partial charge in [0.2, 0.25) is 5.91 Å². The number of hydrogen-bond donors (Lipinski definition) is 0. The Bertz CT molecular complexity index is 951. The summed E-state index contributed by atoms with van der Waals surface area (Å²) < 4.78 is 5.22. The normalized spacial score (nSPS) is 23.8. The monoisotopic (exact) mass is 468 g/mol. The van der Waals surface area contributed by atoms with Crippen LogP contribution >= 0.6 is 11.6 Å². The third-order valence-corrected chi connectivity index (χ3v) is 7.08. The molecule has 0 bridgehead atoms. The molecule has 176 valence electrons. The third kappa shape index (κ3) is 5.96. The molecule has 0 N–H and O–H groups in total. The summed E-state index contributed by atoms with van der Waals surface area (Å²) >= 11 is 6.24. The van der Waals surface area contributed by atoms with E-state index in [2.05, 4.69) is 35.2 Å². The van der Waals surface area contributed by atoms with Gasteiger partial charge >= 0.3 is 5.97 Å². The Morgan fingerprint density at radius 3 is 2.58 bits per heavy atom. The van der Waals surface area contributed by atoms with E-state index in [1.165, 1.54) is 5.56 Å². The summed E-state index contributed by atoms with van der Waals surface area (Å²) in [4.78, 5) is 30.1. The van der Waals surface area contributed by atoms with E-state index in [1.54, 1.807) is 0 Å². The Labute approximate surface area is 201 Å². The highest BCUT2D eigenvalue weighted by atomic mass is 35.5. The number of esters is 1. The smallest absolute Gasteiger partial charge is 0.310 e. The molecule has 0 saturated carbocycles. The number of carbonyl (C=O) groups is 2. The molecule has 2 aliphatic rings. The van der Waals surface area contributed by atoms with Crippen LogP contribution in [-0.4, -0.2) is 47.9 Å². The topological polar surface area (TPSA) is 49.9 Å². The molecule has 33 heavy (non-hydrogen) atoms. The number of rotatable bonds is 6. The first-order valence-corrected chi connectivity index (χ1v) is 12.4. The van der Waals surface area contributed by atoms with Crippen LogP contribution in [0.5, 0.6) is 0 Å². The van der Waals surface area contributed by atoms with Gasteiger partial charge in [-0.25, -0.2) is 0 Å². The van der Waals surface area contributed by atoms with E-state index in [1.807, 2.05) is 36.1 Å². The SMILES string of the molecule is CCOC(=O)[C@@H]1CCCN(C(=O)[C@H]2CC[C@@H](c3ccccc3)N(Cc3cccc(Cl)c3)C2)C1. The van der Waals surface area contributed by atoms with Gasteiger partial charge in [0.25, 0.3) is 0 Å². The lowest BCUT2D eigenvalue weighted by Gasteiger charge is -2.42. The second-order valence-corrected chi connectivity index (χ2v) is 9.57. The number of halogens is 1. The molecule has 2 aromatic rings. The number of hydrogen-bond acceptors (Lipinski definition) is 4. The Balaban J connectivity index is 1.48. The number of nitrogens with zero attached hydrogens (tertiary/aromatic N) is 2. The van der Waals surface area contributed by atoms with Gasteiger partial charge in [-0.2, -0.15) is 0 Å². The van der Waals surface area contributed by atoms with Crippen LogP contribution in [0.15, 0.2) is 54.6 Å². The van der Waals surface area contributed by atoms with Crippen LogP contribution in [0.3, 0.4) is 0 Å². The van der Waals surface area contributed by atoms with Gasteiger partial charge in [0.15, 0.2) is 0 Å². The van der Waals surface area contributed by atoms with Gasteiger partial charge in [0.1, 0.15) is 0 Å². The van der Waals surface area contributed by atoms with E-state index in [-0.39, 0.29) is 29.8 Å². The van der Waals surface area contributed by atoms with Gasteiger partial charge in [-0.3, -0.25) is 14.5 Å². The molecule has 2 saturated heterocycles. The van der Waals surface area contributed by atoms with Crippen LogP contribution in [0, 0.1) is 11.8 Å². The van der Waals surface area contributed by atoms with E-state index in [9.17, 15) is 9.59 Å². The van der Waals surface area contributed by atoms with E-state index in [0.29, 0.717) is 19.7 Å². The molecule has 0 spiro atoms. The maximum atomic E-state index is 13.5. The Kier molecular flexibility index (Phi) is 8.05. The minimum absolute atomic E-state index is 0.0647. The zero-order valence-corrected chi connectivity index (χ0v) is 20.0. The fourth-order valence-electron chi connectivity index (χ4n) is 5.23. The maximum absolute atomic E-state index is 13.5. The van der Waals surface area contributed by atoms with Crippen molar-refractivity contribution in [3.63, 3.8) is 0 Å². The molecule has 5 nitrogen and oxygen atoms in total. The lowest BCUT2D eigenvalue weighted by Crippen LogP contribution is -2.49. The molecule has 0 radical (unpaired) electrons. The molecule has 2 fully saturated rings. The summed E-state index contributed by atoms with van der Waals surface area (Å²) in [7, 11) is 0. The first kappa shape index (κ1) is 23.8. The summed E-state index contributed by atoms with van der Waals surface area (Å²) in [5.41, 5.74) is 2.43. The second-order valence-electron chi connectivity index (χ2n) is 9.14. The molecule has 6 heteroatoms. The average molecular weight is 469 g/mol. The van der Waals surface area contributed by atoms with Crippen LogP contribution in [0.1, 0.15) is 49.8 Å². The Morgan fingerprint density at radius 2 is 1.82 bits per heavy atom. The highest BCUT2D eigenvalue weighted by Crippen LogP contribution is 2.36. The van der Waals surface area contributed by atoms with Crippen molar-refractivity contribution in [2.75, 3.05) is 26.2 Å². The standard InChI is InChI=1S/C27H33ClN2O3/c1-2-33-27(32)23-11-7-15-29(19-23)26(31)22-13-14-25(21-9-4-3-5-10-21)30(18-22)17-20-8-6-12-24(28)16-20/h3-6,8-10,12,16,22-23,25H,2,7,11,13-15,17-19H2,1H3/t22-,23+,25-/m0/s1. The summed E-state index contributed by atoms with van der Waals surface area (Å²) in [6, 6.07) is 18.8. The predicted molar refractivity (Wildman–Crippen MR) is 130 cm³/mol. The van der Waals surface area contributed by atoms with Gasteiger partial charge in [-0.05, 0) is 55.9 Å². The largest absolute Gasteiger partial charge is 0.466 e. The van der Waals surface area contributed by atoms with Gasteiger partial charge in [0, 0.05) is 37.2 Å². The van der Waals surface area contributed by atoms with Gasteiger partial charge in [0.05, 0.1) is 18.4 Å². The summed E-state index contributed by atoms with van der Waals surface area (Å²) in [6.45, 7) is 4.85. The van der Waals surface area contributed by atoms with Crippen molar-refractivity contribution >= 4 is 23.5 Å². The lowest BCUT2D eigenvalue weighted by atomic mass is 9.87. The zero-order chi connectivity index (χ0) is 23.2. The minimum atomic E-state index is -0.203. The van der Waals surface area contributed by atoms with Gasteiger partial charge in [-0.1, -0.05) is 54.1 Å². The summed E-state index contributed by atoms with van der Waals surface area (Å²) in [5, 5.41) is 0.728. The molecular weight excluding hydrogens is 436 g/mol. The number of likely N-dealkylation sites (tertiary alicyclic amines) is 2. The number of benzene rings is 2. The van der Waals surface area contributed by atoms with E-state index >= 15 is 0 Å². The van der Waals surface area contributed by atoms with E-state index in [4.69, 9.17) is 16.3 Å². The van der Waals surface area contributed by atoms with Crippen molar-refractivity contribution in [3.8, 4) is 0 Å². The number of ether oxygens (including phenoxy) is 1. The lowest BCUT2D eigenvalue weighted by molar-refractivity contribution is -0.152.